The molecule has 4 aromatic heterocycles. The molecule has 8 nitrogen and oxygen atoms in total. The molecule has 0 aromatic carbocycles. The number of nitrogens with one attached hydrogen (secondary N) is 1. The third-order valence-electron chi connectivity index (χ3n) is 5.97. The zero-order chi connectivity index (χ0) is 23.9. The maximum absolute atomic E-state index is 6.25. The van der Waals surface area contributed by atoms with Crippen molar-refractivity contribution in [2.24, 2.45) is 5.92 Å². The Bertz CT molecular complexity index is 1330. The van der Waals surface area contributed by atoms with Gasteiger partial charge in [-0.1, -0.05) is 0 Å². The lowest BCUT2D eigenvalue weighted by Crippen LogP contribution is -2.18. The lowest BCUT2D eigenvalue weighted by atomic mass is 9.98. The van der Waals surface area contributed by atoms with Gasteiger partial charge in [0.1, 0.15) is 17.4 Å². The fourth-order valence-electron chi connectivity index (χ4n) is 4.49. The van der Waals surface area contributed by atoms with Crippen LogP contribution in [0.5, 0.6) is 5.75 Å². The number of rotatable bonds is 6. The summed E-state index contributed by atoms with van der Waals surface area (Å²) >= 11 is 0. The van der Waals surface area contributed by atoms with Crippen LogP contribution in [0.2, 0.25) is 0 Å². The Balaban J connectivity index is 1.40. The molecule has 0 unspecified atom stereocenters. The van der Waals surface area contributed by atoms with Crippen molar-refractivity contribution >= 4 is 17.2 Å². The van der Waals surface area contributed by atoms with Crippen molar-refractivity contribution in [3.8, 4) is 16.9 Å². The number of hydrogen-bond donors (Lipinski definition) is 1. The van der Waals surface area contributed by atoms with Crippen molar-refractivity contribution in [3.63, 3.8) is 0 Å². The first-order valence-corrected chi connectivity index (χ1v) is 11.6. The van der Waals surface area contributed by atoms with E-state index in [2.05, 4.69) is 51.3 Å². The maximum Gasteiger partial charge on any atom is 0.154 e. The van der Waals surface area contributed by atoms with Crippen molar-refractivity contribution in [1.29, 1.82) is 0 Å². The molecule has 5 heterocycles. The van der Waals surface area contributed by atoms with Gasteiger partial charge in [0.2, 0.25) is 0 Å². The summed E-state index contributed by atoms with van der Waals surface area (Å²) in [6.07, 6.45) is 4.77. The fraction of sp³-hybridized carbons (Fsp3) is 0.385. The molecule has 34 heavy (non-hydrogen) atoms. The first-order chi connectivity index (χ1) is 16.2. The molecule has 8 heteroatoms. The number of ether oxygens (including phenoxy) is 2. The second-order valence-corrected chi connectivity index (χ2v) is 9.65. The molecule has 5 rings (SSSR count). The zero-order valence-electron chi connectivity index (χ0n) is 20.3. The molecule has 4 aromatic rings. The van der Waals surface area contributed by atoms with Gasteiger partial charge in [-0.05, 0) is 64.8 Å². The largest absolute Gasteiger partial charge is 0.491 e. The molecule has 1 saturated heterocycles. The Labute approximate surface area is 199 Å². The van der Waals surface area contributed by atoms with Crippen LogP contribution < -0.4 is 10.1 Å². The highest BCUT2D eigenvalue weighted by Gasteiger charge is 2.32. The van der Waals surface area contributed by atoms with E-state index >= 15 is 0 Å². The normalized spacial score (nSPS) is 17.3. The quantitative estimate of drug-likeness (QED) is 0.433. The highest BCUT2D eigenvalue weighted by Crippen LogP contribution is 2.34. The van der Waals surface area contributed by atoms with Crippen LogP contribution in [0.15, 0.2) is 42.7 Å². The van der Waals surface area contributed by atoms with Gasteiger partial charge in [-0.25, -0.2) is 14.5 Å². The van der Waals surface area contributed by atoms with E-state index in [-0.39, 0.29) is 5.60 Å². The Morgan fingerprint density at radius 1 is 1.09 bits per heavy atom. The molecule has 0 aliphatic carbocycles. The summed E-state index contributed by atoms with van der Waals surface area (Å²) in [5.74, 6) is 3.34. The van der Waals surface area contributed by atoms with Gasteiger partial charge >= 0.3 is 0 Å². The van der Waals surface area contributed by atoms with Crippen LogP contribution in [0.1, 0.15) is 37.5 Å². The molecule has 1 atom stereocenters. The minimum absolute atomic E-state index is 0.0790. The van der Waals surface area contributed by atoms with E-state index in [0.717, 1.165) is 64.3 Å². The zero-order valence-corrected chi connectivity index (χ0v) is 20.3. The Morgan fingerprint density at radius 2 is 1.94 bits per heavy atom. The molecule has 1 fully saturated rings. The molecule has 176 valence electrons. The van der Waals surface area contributed by atoms with Crippen LogP contribution in [-0.2, 0) is 4.74 Å². The molecule has 0 radical (unpaired) electrons. The van der Waals surface area contributed by atoms with E-state index in [1.54, 1.807) is 0 Å². The SMILES string of the molecule is Cc1cc(-c2ccn3nc(Nc4cc(C)nc(C)n4)cc3c2)c(OC[C@H]2COC(C)(C)C2)cn1. The highest BCUT2D eigenvalue weighted by molar-refractivity contribution is 5.75. The second-order valence-electron chi connectivity index (χ2n) is 9.65. The number of aryl methyl sites for hydroxylation is 3. The van der Waals surface area contributed by atoms with E-state index in [1.807, 2.05) is 55.9 Å². The number of anilines is 2. The summed E-state index contributed by atoms with van der Waals surface area (Å²) in [4.78, 5) is 13.2. The van der Waals surface area contributed by atoms with E-state index < -0.39 is 0 Å². The van der Waals surface area contributed by atoms with Crippen LogP contribution in [0.3, 0.4) is 0 Å². The summed E-state index contributed by atoms with van der Waals surface area (Å²) in [5, 5.41) is 7.92. The van der Waals surface area contributed by atoms with E-state index in [0.29, 0.717) is 12.5 Å². The Kier molecular flexibility index (Phi) is 5.69. The van der Waals surface area contributed by atoms with E-state index in [1.165, 1.54) is 0 Å². The van der Waals surface area contributed by atoms with Crippen molar-refractivity contribution < 1.29 is 9.47 Å². The summed E-state index contributed by atoms with van der Waals surface area (Å²) in [6.45, 7) is 11.4. The second kappa shape index (κ2) is 8.68. The monoisotopic (exact) mass is 458 g/mol. The number of fused-ring (bicyclic) bond motifs is 1. The predicted octanol–water partition coefficient (Wildman–Crippen LogP) is 5.05. The average molecular weight is 459 g/mol. The first kappa shape index (κ1) is 22.3. The topological polar surface area (TPSA) is 86.5 Å². The van der Waals surface area contributed by atoms with Crippen molar-refractivity contribution in [3.05, 3.63) is 59.9 Å². The summed E-state index contributed by atoms with van der Waals surface area (Å²) in [6, 6.07) is 10.1. The number of aromatic nitrogens is 5. The molecule has 1 N–H and O–H groups in total. The van der Waals surface area contributed by atoms with Crippen LogP contribution in [0.25, 0.3) is 16.6 Å². The summed E-state index contributed by atoms with van der Waals surface area (Å²) in [5.41, 5.74) is 4.81. The first-order valence-electron chi connectivity index (χ1n) is 11.6. The maximum atomic E-state index is 6.25. The van der Waals surface area contributed by atoms with Crippen molar-refractivity contribution in [1.82, 2.24) is 24.6 Å². The third kappa shape index (κ3) is 4.87. The lowest BCUT2D eigenvalue weighted by Gasteiger charge is -2.17. The summed E-state index contributed by atoms with van der Waals surface area (Å²) < 4.78 is 14.0. The molecule has 1 aliphatic heterocycles. The lowest BCUT2D eigenvalue weighted by molar-refractivity contribution is 0.0341. The standard InChI is InChI=1S/C26H30N6O2/c1-16-8-22(23(13-27-16)33-14-19-12-26(4,5)34-15-19)20-6-7-32-21(10-20)11-25(31-32)30-24-9-17(2)28-18(3)29-24/h6-11,13,19H,12,14-15H2,1-5H3,(H,28,29,30,31)/t19-/m0/s1. The Morgan fingerprint density at radius 3 is 2.71 bits per heavy atom. The van der Waals surface area contributed by atoms with Crippen molar-refractivity contribution in [2.45, 2.75) is 46.6 Å². The molecular weight excluding hydrogens is 428 g/mol. The van der Waals surface area contributed by atoms with Gasteiger partial charge < -0.3 is 14.8 Å². The minimum Gasteiger partial charge on any atom is -0.491 e. The summed E-state index contributed by atoms with van der Waals surface area (Å²) in [7, 11) is 0. The van der Waals surface area contributed by atoms with Gasteiger partial charge in [-0.2, -0.15) is 5.10 Å². The van der Waals surface area contributed by atoms with Gasteiger partial charge in [0.25, 0.3) is 0 Å². The van der Waals surface area contributed by atoms with E-state index in [9.17, 15) is 0 Å². The molecule has 0 bridgehead atoms. The predicted molar refractivity (Wildman–Crippen MR) is 132 cm³/mol. The third-order valence-corrected chi connectivity index (χ3v) is 5.97. The molecule has 1 aliphatic rings. The van der Waals surface area contributed by atoms with Crippen LogP contribution in [0.4, 0.5) is 11.6 Å². The Hall–Kier alpha value is -3.52. The molecule has 0 saturated carbocycles. The van der Waals surface area contributed by atoms with Crippen LogP contribution in [-0.4, -0.2) is 43.4 Å². The van der Waals surface area contributed by atoms with Crippen LogP contribution >= 0.6 is 0 Å². The van der Waals surface area contributed by atoms with Gasteiger partial charge in [0, 0.05) is 41.2 Å². The van der Waals surface area contributed by atoms with Gasteiger partial charge in [0.15, 0.2) is 5.82 Å². The molecule has 0 spiro atoms. The molecular formula is C26H30N6O2. The number of pyridine rings is 2. The van der Waals surface area contributed by atoms with Gasteiger partial charge in [-0.15, -0.1) is 0 Å². The van der Waals surface area contributed by atoms with Gasteiger partial charge in [0.05, 0.1) is 30.5 Å². The van der Waals surface area contributed by atoms with Crippen molar-refractivity contribution in [2.75, 3.05) is 18.5 Å². The van der Waals surface area contributed by atoms with E-state index in [4.69, 9.17) is 9.47 Å². The smallest absolute Gasteiger partial charge is 0.154 e. The molecule has 0 amide bonds. The highest BCUT2D eigenvalue weighted by atomic mass is 16.5. The minimum atomic E-state index is -0.0790. The number of hydrogen-bond acceptors (Lipinski definition) is 7. The fourth-order valence-corrected chi connectivity index (χ4v) is 4.49. The number of nitrogens with zero attached hydrogens (tertiary/aromatic N) is 5. The average Bonchev–Trinajstić information content (AvgIpc) is 3.33. The van der Waals surface area contributed by atoms with Crippen LogP contribution in [0, 0.1) is 26.7 Å². The van der Waals surface area contributed by atoms with Gasteiger partial charge in [-0.3, -0.25) is 4.98 Å².